The molecule has 72 valence electrons. The molecule has 1 aromatic heterocycles. The van der Waals surface area contributed by atoms with Crippen molar-refractivity contribution in [3.8, 4) is 0 Å². The van der Waals surface area contributed by atoms with Gasteiger partial charge < -0.3 is 5.32 Å². The summed E-state index contributed by atoms with van der Waals surface area (Å²) in [6, 6.07) is 2.12. The van der Waals surface area contributed by atoms with E-state index in [9.17, 15) is 0 Å². The highest BCUT2D eigenvalue weighted by molar-refractivity contribution is 9.10. The Hall–Kier alpha value is -0.570. The molecule has 0 aromatic carbocycles. The zero-order valence-electron chi connectivity index (χ0n) is 8.10. The van der Waals surface area contributed by atoms with Crippen LogP contribution < -0.4 is 5.32 Å². The summed E-state index contributed by atoms with van der Waals surface area (Å²) in [5.41, 5.74) is 1.27. The normalized spacial score (nSPS) is 10.1. The number of aromatic nitrogens is 1. The number of hydrogen-bond acceptors (Lipinski definition) is 2. The lowest BCUT2D eigenvalue weighted by molar-refractivity contribution is 0.957. The third kappa shape index (κ3) is 2.99. The average molecular weight is 243 g/mol. The molecule has 0 aliphatic carbocycles. The smallest absolute Gasteiger partial charge is 0.129 e. The molecule has 0 spiro atoms. The molecule has 0 bridgehead atoms. The Morgan fingerprint density at radius 1 is 1.46 bits per heavy atom. The second kappa shape index (κ2) is 5.22. The van der Waals surface area contributed by atoms with Crippen LogP contribution in [0.5, 0.6) is 0 Å². The summed E-state index contributed by atoms with van der Waals surface area (Å²) < 4.78 is 1.05. The first kappa shape index (κ1) is 10.5. The highest BCUT2D eigenvalue weighted by Crippen LogP contribution is 2.18. The molecule has 1 N–H and O–H groups in total. The molecular formula is C10H15BrN2. The van der Waals surface area contributed by atoms with Gasteiger partial charge in [-0.15, -0.1) is 0 Å². The maximum atomic E-state index is 4.33. The summed E-state index contributed by atoms with van der Waals surface area (Å²) in [7, 11) is 0. The lowest BCUT2D eigenvalue weighted by atomic mass is 10.2. The third-order valence-electron chi connectivity index (χ3n) is 1.86. The molecule has 1 rings (SSSR count). The lowest BCUT2D eigenvalue weighted by Crippen LogP contribution is -2.04. The first-order valence-electron chi connectivity index (χ1n) is 4.66. The Morgan fingerprint density at radius 3 is 2.85 bits per heavy atom. The van der Waals surface area contributed by atoms with Gasteiger partial charge in [0, 0.05) is 17.2 Å². The SMILES string of the molecule is CCCNc1ncc(Br)cc1CC. The number of nitrogens with zero attached hydrogens (tertiary/aromatic N) is 1. The molecule has 13 heavy (non-hydrogen) atoms. The first-order valence-corrected chi connectivity index (χ1v) is 5.45. The Morgan fingerprint density at radius 2 is 2.23 bits per heavy atom. The molecule has 0 saturated heterocycles. The van der Waals surface area contributed by atoms with Crippen molar-refractivity contribution in [2.24, 2.45) is 0 Å². The first-order chi connectivity index (χ1) is 6.27. The van der Waals surface area contributed by atoms with Crippen molar-refractivity contribution in [3.05, 3.63) is 22.3 Å². The summed E-state index contributed by atoms with van der Waals surface area (Å²) in [6.45, 7) is 5.28. The molecule has 1 heterocycles. The number of nitrogens with one attached hydrogen (secondary N) is 1. The largest absolute Gasteiger partial charge is 0.370 e. The summed E-state index contributed by atoms with van der Waals surface area (Å²) in [6.07, 6.45) is 3.97. The molecule has 0 amide bonds. The van der Waals surface area contributed by atoms with Crippen molar-refractivity contribution in [1.29, 1.82) is 0 Å². The van der Waals surface area contributed by atoms with Gasteiger partial charge >= 0.3 is 0 Å². The predicted octanol–water partition coefficient (Wildman–Crippen LogP) is 3.23. The van der Waals surface area contributed by atoms with E-state index in [4.69, 9.17) is 0 Å². The van der Waals surface area contributed by atoms with Gasteiger partial charge in [0.2, 0.25) is 0 Å². The summed E-state index contributed by atoms with van der Waals surface area (Å²) in [5.74, 6) is 1.02. The van der Waals surface area contributed by atoms with Crippen molar-refractivity contribution in [3.63, 3.8) is 0 Å². The van der Waals surface area contributed by atoms with Crippen LogP contribution in [-0.4, -0.2) is 11.5 Å². The maximum Gasteiger partial charge on any atom is 0.129 e. The van der Waals surface area contributed by atoms with Crippen molar-refractivity contribution in [2.75, 3.05) is 11.9 Å². The van der Waals surface area contributed by atoms with Gasteiger partial charge in [-0.25, -0.2) is 4.98 Å². The van der Waals surface area contributed by atoms with E-state index in [1.54, 1.807) is 0 Å². The van der Waals surface area contributed by atoms with E-state index in [0.29, 0.717) is 0 Å². The molecule has 1 aromatic rings. The van der Waals surface area contributed by atoms with E-state index in [0.717, 1.165) is 29.7 Å². The van der Waals surface area contributed by atoms with Crippen molar-refractivity contribution < 1.29 is 0 Å². The Bertz CT molecular complexity index is 274. The topological polar surface area (TPSA) is 24.9 Å². The second-order valence-electron chi connectivity index (χ2n) is 2.94. The number of anilines is 1. The van der Waals surface area contributed by atoms with Crippen LogP contribution in [-0.2, 0) is 6.42 Å². The van der Waals surface area contributed by atoms with Gasteiger partial charge in [0.05, 0.1) is 0 Å². The summed E-state index contributed by atoms with van der Waals surface area (Å²) in [5, 5.41) is 3.31. The zero-order valence-corrected chi connectivity index (χ0v) is 9.69. The molecule has 0 fully saturated rings. The fourth-order valence-corrected chi connectivity index (χ4v) is 1.53. The van der Waals surface area contributed by atoms with Gasteiger partial charge in [0.1, 0.15) is 5.82 Å². The van der Waals surface area contributed by atoms with Gasteiger partial charge in [-0.05, 0) is 40.4 Å². The monoisotopic (exact) mass is 242 g/mol. The van der Waals surface area contributed by atoms with Gasteiger partial charge in [-0.3, -0.25) is 0 Å². The molecule has 3 heteroatoms. The van der Waals surface area contributed by atoms with Crippen LogP contribution in [0.25, 0.3) is 0 Å². The molecule has 0 unspecified atom stereocenters. The minimum atomic E-state index is 0.988. The van der Waals surface area contributed by atoms with Crippen molar-refractivity contribution >= 4 is 21.7 Å². The van der Waals surface area contributed by atoms with Crippen LogP contribution in [0.4, 0.5) is 5.82 Å². The van der Waals surface area contributed by atoms with E-state index < -0.39 is 0 Å². The minimum absolute atomic E-state index is 0.988. The summed E-state index contributed by atoms with van der Waals surface area (Å²) >= 11 is 3.41. The third-order valence-corrected chi connectivity index (χ3v) is 2.29. The number of rotatable bonds is 4. The van der Waals surface area contributed by atoms with Crippen LogP contribution >= 0.6 is 15.9 Å². The number of hydrogen-bond donors (Lipinski definition) is 1. The van der Waals surface area contributed by atoms with Crippen LogP contribution in [0.2, 0.25) is 0 Å². The molecule has 0 aliphatic heterocycles. The van der Waals surface area contributed by atoms with Gasteiger partial charge in [0.25, 0.3) is 0 Å². The molecule has 0 saturated carbocycles. The number of halogens is 1. The summed E-state index contributed by atoms with van der Waals surface area (Å²) in [4.78, 5) is 4.33. The Kier molecular flexibility index (Phi) is 4.22. The van der Waals surface area contributed by atoms with E-state index in [-0.39, 0.29) is 0 Å². The average Bonchev–Trinajstić information content (AvgIpc) is 2.16. The van der Waals surface area contributed by atoms with Gasteiger partial charge in [-0.1, -0.05) is 13.8 Å². The molecule has 0 aliphatic rings. The van der Waals surface area contributed by atoms with E-state index >= 15 is 0 Å². The number of aryl methyl sites for hydroxylation is 1. The van der Waals surface area contributed by atoms with Crippen LogP contribution in [0, 0.1) is 0 Å². The van der Waals surface area contributed by atoms with Crippen LogP contribution in [0.15, 0.2) is 16.7 Å². The molecular weight excluding hydrogens is 228 g/mol. The predicted molar refractivity (Wildman–Crippen MR) is 60.1 cm³/mol. The van der Waals surface area contributed by atoms with Crippen molar-refractivity contribution in [2.45, 2.75) is 26.7 Å². The Balaban J connectivity index is 2.79. The lowest BCUT2D eigenvalue weighted by Gasteiger charge is -2.08. The minimum Gasteiger partial charge on any atom is -0.370 e. The quantitative estimate of drug-likeness (QED) is 0.878. The van der Waals surface area contributed by atoms with E-state index in [1.165, 1.54) is 5.56 Å². The Labute approximate surface area is 87.9 Å². The molecule has 0 atom stereocenters. The van der Waals surface area contributed by atoms with Gasteiger partial charge in [0.15, 0.2) is 0 Å². The fourth-order valence-electron chi connectivity index (χ4n) is 1.15. The van der Waals surface area contributed by atoms with Gasteiger partial charge in [-0.2, -0.15) is 0 Å². The second-order valence-corrected chi connectivity index (χ2v) is 3.86. The molecule has 0 radical (unpaired) electrons. The zero-order chi connectivity index (χ0) is 9.68. The maximum absolute atomic E-state index is 4.33. The standard InChI is InChI=1S/C10H15BrN2/c1-3-5-12-10-8(4-2)6-9(11)7-13-10/h6-7H,3-5H2,1-2H3,(H,12,13). The number of pyridine rings is 1. The van der Waals surface area contributed by atoms with E-state index in [2.05, 4.69) is 46.1 Å². The highest BCUT2D eigenvalue weighted by Gasteiger charge is 2.01. The van der Waals surface area contributed by atoms with Crippen molar-refractivity contribution in [1.82, 2.24) is 4.98 Å². The van der Waals surface area contributed by atoms with Crippen LogP contribution in [0.1, 0.15) is 25.8 Å². The van der Waals surface area contributed by atoms with Crippen LogP contribution in [0.3, 0.4) is 0 Å². The highest BCUT2D eigenvalue weighted by atomic mass is 79.9. The molecule has 2 nitrogen and oxygen atoms in total. The fraction of sp³-hybridized carbons (Fsp3) is 0.500. The van der Waals surface area contributed by atoms with E-state index in [1.807, 2.05) is 6.20 Å².